The van der Waals surface area contributed by atoms with Crippen molar-refractivity contribution in [3.05, 3.63) is 29.8 Å². The van der Waals surface area contributed by atoms with Gasteiger partial charge in [0.25, 0.3) is 11.8 Å². The van der Waals surface area contributed by atoms with Gasteiger partial charge in [-0.1, -0.05) is 6.07 Å². The van der Waals surface area contributed by atoms with Crippen molar-refractivity contribution < 1.29 is 18.4 Å². The number of amides is 3. The molecule has 0 atom stereocenters. The Balaban J connectivity index is 1.60. The molecule has 26 heavy (non-hydrogen) atoms. The Morgan fingerprint density at radius 3 is 2.31 bits per heavy atom. The van der Waals surface area contributed by atoms with Gasteiger partial charge in [0.2, 0.25) is 0 Å². The second-order valence-corrected chi connectivity index (χ2v) is 6.95. The average molecular weight is 366 g/mol. The van der Waals surface area contributed by atoms with Crippen LogP contribution in [0.25, 0.3) is 0 Å². The summed E-state index contributed by atoms with van der Waals surface area (Å²) in [5.74, 6) is -2.75. The maximum atomic E-state index is 13.2. The third-order valence-corrected chi connectivity index (χ3v) is 4.93. The number of urea groups is 1. The van der Waals surface area contributed by atoms with Crippen molar-refractivity contribution in [2.45, 2.75) is 18.8 Å². The minimum atomic E-state index is -2.69. The highest BCUT2D eigenvalue weighted by atomic mass is 19.3. The molecule has 1 aromatic rings. The summed E-state index contributed by atoms with van der Waals surface area (Å²) in [5.41, 5.74) is 1.00. The number of halogens is 2. The first-order valence-electron chi connectivity index (χ1n) is 8.86. The van der Waals surface area contributed by atoms with Gasteiger partial charge in [-0.15, -0.1) is 0 Å². The van der Waals surface area contributed by atoms with Gasteiger partial charge in [0, 0.05) is 63.4 Å². The summed E-state index contributed by atoms with van der Waals surface area (Å²) in [5, 5.41) is 2.71. The van der Waals surface area contributed by atoms with Crippen molar-refractivity contribution in [1.29, 1.82) is 0 Å². The molecule has 0 aliphatic carbocycles. The maximum absolute atomic E-state index is 13.2. The lowest BCUT2D eigenvalue weighted by Gasteiger charge is -2.32. The lowest BCUT2D eigenvalue weighted by Crippen LogP contribution is -2.47. The molecular formula is C18H24F2N4O2. The Bertz CT molecular complexity index is 665. The SMILES string of the molecule is CN1CCN(C(=O)c2cccc(NC(=O)N3CCC(F)(F)CC3)c2)CC1. The van der Waals surface area contributed by atoms with Crippen molar-refractivity contribution in [3.63, 3.8) is 0 Å². The van der Waals surface area contributed by atoms with E-state index in [1.54, 1.807) is 29.2 Å². The number of carbonyl (C=O) groups excluding carboxylic acids is 2. The minimum absolute atomic E-state index is 0.0265. The Morgan fingerprint density at radius 2 is 1.65 bits per heavy atom. The number of nitrogens with one attached hydrogen (secondary N) is 1. The van der Waals surface area contributed by atoms with Gasteiger partial charge in [-0.2, -0.15) is 0 Å². The molecule has 8 heteroatoms. The number of hydrogen-bond donors (Lipinski definition) is 1. The minimum Gasteiger partial charge on any atom is -0.336 e. The first-order chi connectivity index (χ1) is 12.3. The van der Waals surface area contributed by atoms with E-state index >= 15 is 0 Å². The third-order valence-electron chi connectivity index (χ3n) is 4.93. The number of piperazine rings is 1. The molecule has 1 N–H and O–H groups in total. The number of carbonyl (C=O) groups is 2. The average Bonchev–Trinajstić information content (AvgIpc) is 2.62. The van der Waals surface area contributed by atoms with E-state index in [0.29, 0.717) is 24.3 Å². The van der Waals surface area contributed by atoms with E-state index in [9.17, 15) is 18.4 Å². The van der Waals surface area contributed by atoms with Crippen LogP contribution in [-0.2, 0) is 0 Å². The number of benzene rings is 1. The van der Waals surface area contributed by atoms with E-state index in [4.69, 9.17) is 0 Å². The van der Waals surface area contributed by atoms with Gasteiger partial charge in [-0.25, -0.2) is 13.6 Å². The molecule has 2 aliphatic heterocycles. The number of likely N-dealkylation sites (N-methyl/N-ethyl adjacent to an activating group) is 1. The largest absolute Gasteiger partial charge is 0.336 e. The summed E-state index contributed by atoms with van der Waals surface area (Å²) in [6.45, 7) is 3.07. The highest BCUT2D eigenvalue weighted by Crippen LogP contribution is 2.28. The van der Waals surface area contributed by atoms with Crippen LogP contribution < -0.4 is 5.32 Å². The summed E-state index contributed by atoms with van der Waals surface area (Å²) < 4.78 is 26.4. The molecule has 0 spiro atoms. The first-order valence-corrected chi connectivity index (χ1v) is 8.86. The van der Waals surface area contributed by atoms with E-state index in [-0.39, 0.29) is 31.8 Å². The molecule has 2 aliphatic rings. The summed E-state index contributed by atoms with van der Waals surface area (Å²) in [4.78, 5) is 30.2. The topological polar surface area (TPSA) is 55.9 Å². The predicted molar refractivity (Wildman–Crippen MR) is 94.6 cm³/mol. The fraction of sp³-hybridized carbons (Fsp3) is 0.556. The van der Waals surface area contributed by atoms with Crippen LogP contribution in [0.1, 0.15) is 23.2 Å². The molecule has 0 bridgehead atoms. The molecule has 0 radical (unpaired) electrons. The molecule has 2 heterocycles. The van der Waals surface area contributed by atoms with E-state index in [2.05, 4.69) is 10.2 Å². The van der Waals surface area contributed by atoms with Crippen molar-refractivity contribution in [2.24, 2.45) is 0 Å². The van der Waals surface area contributed by atoms with Crippen LogP contribution >= 0.6 is 0 Å². The molecule has 2 fully saturated rings. The second-order valence-electron chi connectivity index (χ2n) is 6.95. The summed E-state index contributed by atoms with van der Waals surface area (Å²) in [6, 6.07) is 6.35. The monoisotopic (exact) mass is 366 g/mol. The second kappa shape index (κ2) is 7.57. The zero-order valence-corrected chi connectivity index (χ0v) is 14.9. The van der Waals surface area contributed by atoms with Crippen molar-refractivity contribution in [2.75, 3.05) is 51.6 Å². The van der Waals surface area contributed by atoms with Crippen molar-refractivity contribution in [1.82, 2.24) is 14.7 Å². The Morgan fingerprint density at radius 1 is 1.00 bits per heavy atom. The molecule has 0 unspecified atom stereocenters. The number of alkyl halides is 2. The zero-order valence-electron chi connectivity index (χ0n) is 14.9. The Hall–Kier alpha value is -2.22. The van der Waals surface area contributed by atoms with Crippen LogP contribution in [0.5, 0.6) is 0 Å². The number of hydrogen-bond acceptors (Lipinski definition) is 3. The van der Waals surface area contributed by atoms with Gasteiger partial charge in [0.05, 0.1) is 0 Å². The quantitative estimate of drug-likeness (QED) is 0.874. The van der Waals surface area contributed by atoms with Crippen LogP contribution in [0, 0.1) is 0 Å². The first kappa shape index (κ1) is 18.6. The van der Waals surface area contributed by atoms with E-state index < -0.39 is 12.0 Å². The lowest BCUT2D eigenvalue weighted by atomic mass is 10.1. The van der Waals surface area contributed by atoms with Crippen LogP contribution in [0.4, 0.5) is 19.3 Å². The molecular weight excluding hydrogens is 342 g/mol. The highest BCUT2D eigenvalue weighted by Gasteiger charge is 2.35. The number of likely N-dealkylation sites (tertiary alicyclic amines) is 1. The van der Waals surface area contributed by atoms with Gasteiger partial charge in [-0.05, 0) is 25.2 Å². The van der Waals surface area contributed by atoms with Crippen LogP contribution in [0.2, 0.25) is 0 Å². The third kappa shape index (κ3) is 4.49. The molecule has 3 amide bonds. The van der Waals surface area contributed by atoms with Gasteiger partial charge >= 0.3 is 6.03 Å². The highest BCUT2D eigenvalue weighted by molar-refractivity contribution is 5.97. The van der Waals surface area contributed by atoms with E-state index in [1.807, 2.05) is 7.05 Å². The van der Waals surface area contributed by atoms with Crippen molar-refractivity contribution in [3.8, 4) is 0 Å². The smallest absolute Gasteiger partial charge is 0.321 e. The maximum Gasteiger partial charge on any atom is 0.321 e. The summed E-state index contributed by atoms with van der Waals surface area (Å²) in [7, 11) is 2.02. The summed E-state index contributed by atoms with van der Waals surface area (Å²) in [6.07, 6.45) is -0.634. The zero-order chi connectivity index (χ0) is 18.7. The fourth-order valence-electron chi connectivity index (χ4n) is 3.16. The van der Waals surface area contributed by atoms with Gasteiger partial charge < -0.3 is 20.0 Å². The summed E-state index contributed by atoms with van der Waals surface area (Å²) >= 11 is 0. The van der Waals surface area contributed by atoms with Crippen LogP contribution in [-0.4, -0.2) is 78.9 Å². The fourth-order valence-corrected chi connectivity index (χ4v) is 3.16. The number of rotatable bonds is 2. The van der Waals surface area contributed by atoms with Gasteiger partial charge in [-0.3, -0.25) is 4.79 Å². The molecule has 0 aromatic heterocycles. The molecule has 1 aromatic carbocycles. The van der Waals surface area contributed by atoms with Crippen LogP contribution in [0.15, 0.2) is 24.3 Å². The normalized spacial score (nSPS) is 20.7. The molecule has 0 saturated carbocycles. The molecule has 6 nitrogen and oxygen atoms in total. The number of anilines is 1. The number of piperidine rings is 1. The Kier molecular flexibility index (Phi) is 5.41. The predicted octanol–water partition coefficient (Wildman–Crippen LogP) is 2.34. The standard InChI is InChI=1S/C18H24F2N4O2/c1-22-9-11-23(12-10-22)16(25)14-3-2-4-15(13-14)21-17(26)24-7-5-18(19,20)6-8-24/h2-4,13H,5-12H2,1H3,(H,21,26). The molecule has 3 rings (SSSR count). The van der Waals surface area contributed by atoms with Gasteiger partial charge in [0.15, 0.2) is 0 Å². The molecule has 2 saturated heterocycles. The number of nitrogens with zero attached hydrogens (tertiary/aromatic N) is 3. The van der Waals surface area contributed by atoms with Gasteiger partial charge in [0.1, 0.15) is 0 Å². The van der Waals surface area contributed by atoms with Crippen LogP contribution in [0.3, 0.4) is 0 Å². The van der Waals surface area contributed by atoms with E-state index in [0.717, 1.165) is 13.1 Å². The molecule has 142 valence electrons. The van der Waals surface area contributed by atoms with E-state index in [1.165, 1.54) is 4.90 Å². The Labute approximate surface area is 151 Å². The lowest BCUT2D eigenvalue weighted by molar-refractivity contribution is -0.0461. The van der Waals surface area contributed by atoms with Crippen molar-refractivity contribution >= 4 is 17.6 Å².